The van der Waals surface area contributed by atoms with Crippen LogP contribution < -0.4 is 0 Å². The standard InChI is InChI=1S/C23H23FN2O3S/c1-25(30(28,29)21-13-10-17-6-2-3-7-18(17)14-21)16-23(27)26(20-11-12-20)15-19-8-4-5-9-22(19)24/h2-10,13-14,20H,11-12,15-16H2,1H3. The molecule has 3 aromatic rings. The zero-order valence-electron chi connectivity index (χ0n) is 16.7. The molecule has 0 saturated heterocycles. The minimum Gasteiger partial charge on any atom is -0.334 e. The maximum atomic E-state index is 14.1. The quantitative estimate of drug-likeness (QED) is 0.578. The van der Waals surface area contributed by atoms with E-state index in [0.29, 0.717) is 5.56 Å². The third-order valence-corrected chi connectivity index (χ3v) is 7.19. The second kappa shape index (κ2) is 8.16. The van der Waals surface area contributed by atoms with Gasteiger partial charge in [0.2, 0.25) is 15.9 Å². The molecule has 0 bridgehead atoms. The van der Waals surface area contributed by atoms with Crippen molar-refractivity contribution in [2.45, 2.75) is 30.3 Å². The Morgan fingerprint density at radius 3 is 2.37 bits per heavy atom. The van der Waals surface area contributed by atoms with Gasteiger partial charge in [-0.1, -0.05) is 48.5 Å². The van der Waals surface area contributed by atoms with Crippen molar-refractivity contribution >= 4 is 26.7 Å². The number of carbonyl (C=O) groups is 1. The monoisotopic (exact) mass is 426 g/mol. The van der Waals surface area contributed by atoms with Gasteiger partial charge in [-0.25, -0.2) is 12.8 Å². The molecular weight excluding hydrogens is 403 g/mol. The lowest BCUT2D eigenvalue weighted by molar-refractivity contribution is -0.132. The molecule has 7 heteroatoms. The van der Waals surface area contributed by atoms with E-state index in [2.05, 4.69) is 0 Å². The topological polar surface area (TPSA) is 57.7 Å². The van der Waals surface area contributed by atoms with Gasteiger partial charge in [0.1, 0.15) is 5.82 Å². The van der Waals surface area contributed by atoms with Crippen LogP contribution in [0.3, 0.4) is 0 Å². The van der Waals surface area contributed by atoms with Crippen LogP contribution in [0.4, 0.5) is 4.39 Å². The molecule has 4 rings (SSSR count). The molecule has 1 amide bonds. The molecule has 1 saturated carbocycles. The van der Waals surface area contributed by atoms with Gasteiger partial charge in [-0.2, -0.15) is 4.31 Å². The number of nitrogens with zero attached hydrogens (tertiary/aromatic N) is 2. The number of carbonyl (C=O) groups excluding carboxylic acids is 1. The molecule has 30 heavy (non-hydrogen) atoms. The van der Waals surface area contributed by atoms with Gasteiger partial charge in [0.25, 0.3) is 0 Å². The van der Waals surface area contributed by atoms with Crippen molar-refractivity contribution in [2.75, 3.05) is 13.6 Å². The first kappa shape index (κ1) is 20.5. The zero-order chi connectivity index (χ0) is 21.3. The van der Waals surface area contributed by atoms with Crippen LogP contribution in [0.5, 0.6) is 0 Å². The maximum Gasteiger partial charge on any atom is 0.243 e. The highest BCUT2D eigenvalue weighted by Gasteiger charge is 2.34. The normalized spacial score (nSPS) is 14.2. The van der Waals surface area contributed by atoms with Gasteiger partial charge in [-0.3, -0.25) is 4.79 Å². The maximum absolute atomic E-state index is 14.1. The van der Waals surface area contributed by atoms with Gasteiger partial charge in [0, 0.05) is 25.2 Å². The fraction of sp³-hybridized carbons (Fsp3) is 0.261. The van der Waals surface area contributed by atoms with Crippen molar-refractivity contribution in [1.29, 1.82) is 0 Å². The van der Waals surface area contributed by atoms with Crippen molar-refractivity contribution in [3.05, 3.63) is 78.1 Å². The Hall–Kier alpha value is -2.77. The number of sulfonamides is 1. The first-order chi connectivity index (χ1) is 14.4. The van der Waals surface area contributed by atoms with Crippen LogP contribution in [-0.4, -0.2) is 43.2 Å². The van der Waals surface area contributed by atoms with E-state index in [0.717, 1.165) is 27.9 Å². The van der Waals surface area contributed by atoms with Crippen molar-refractivity contribution in [3.63, 3.8) is 0 Å². The minimum absolute atomic E-state index is 0.0360. The van der Waals surface area contributed by atoms with E-state index >= 15 is 0 Å². The predicted molar refractivity (Wildman–Crippen MR) is 114 cm³/mol. The third-order valence-electron chi connectivity index (χ3n) is 5.39. The van der Waals surface area contributed by atoms with E-state index in [1.807, 2.05) is 24.3 Å². The summed E-state index contributed by atoms with van der Waals surface area (Å²) >= 11 is 0. The zero-order valence-corrected chi connectivity index (χ0v) is 17.5. The van der Waals surface area contributed by atoms with Gasteiger partial charge in [-0.05, 0) is 41.8 Å². The fourth-order valence-electron chi connectivity index (χ4n) is 3.49. The van der Waals surface area contributed by atoms with Crippen LogP contribution in [-0.2, 0) is 21.4 Å². The number of benzene rings is 3. The lowest BCUT2D eigenvalue weighted by Gasteiger charge is -2.25. The highest BCUT2D eigenvalue weighted by atomic mass is 32.2. The van der Waals surface area contributed by atoms with Gasteiger partial charge in [-0.15, -0.1) is 0 Å². The molecule has 0 aromatic heterocycles. The molecule has 1 aliphatic rings. The highest BCUT2D eigenvalue weighted by molar-refractivity contribution is 7.89. The summed E-state index contributed by atoms with van der Waals surface area (Å²) in [7, 11) is -2.43. The van der Waals surface area contributed by atoms with Crippen LogP contribution in [0.2, 0.25) is 0 Å². The van der Waals surface area contributed by atoms with E-state index in [9.17, 15) is 17.6 Å². The van der Waals surface area contributed by atoms with Crippen LogP contribution >= 0.6 is 0 Å². The largest absolute Gasteiger partial charge is 0.334 e. The summed E-state index contributed by atoms with van der Waals surface area (Å²) in [5.74, 6) is -0.694. The van der Waals surface area contributed by atoms with Gasteiger partial charge >= 0.3 is 0 Å². The SMILES string of the molecule is CN(CC(=O)N(Cc1ccccc1F)C1CC1)S(=O)(=O)c1ccc2ccccc2c1. The summed E-state index contributed by atoms with van der Waals surface area (Å²) < 4.78 is 41.2. The van der Waals surface area contributed by atoms with Gasteiger partial charge in [0.15, 0.2) is 0 Å². The Labute approximate surface area is 175 Å². The molecule has 0 radical (unpaired) electrons. The lowest BCUT2D eigenvalue weighted by atomic mass is 10.1. The van der Waals surface area contributed by atoms with Crippen molar-refractivity contribution < 1.29 is 17.6 Å². The first-order valence-electron chi connectivity index (χ1n) is 9.84. The number of amides is 1. The molecule has 0 unspecified atom stereocenters. The fourth-order valence-corrected chi connectivity index (χ4v) is 4.65. The average Bonchev–Trinajstić information content (AvgIpc) is 3.57. The number of likely N-dealkylation sites (N-methyl/N-ethyl adjacent to an activating group) is 1. The molecule has 1 fully saturated rings. The van der Waals surface area contributed by atoms with Crippen LogP contribution in [0, 0.1) is 5.82 Å². The van der Waals surface area contributed by atoms with Crippen molar-refractivity contribution in [1.82, 2.24) is 9.21 Å². The molecule has 0 heterocycles. The summed E-state index contributed by atoms with van der Waals surface area (Å²) in [5.41, 5.74) is 0.429. The molecule has 0 N–H and O–H groups in total. The molecule has 156 valence electrons. The molecular formula is C23H23FN2O3S. The van der Waals surface area contributed by atoms with Crippen molar-refractivity contribution in [3.8, 4) is 0 Å². The van der Waals surface area contributed by atoms with E-state index in [-0.39, 0.29) is 35.8 Å². The Morgan fingerprint density at radius 1 is 1.00 bits per heavy atom. The first-order valence-corrected chi connectivity index (χ1v) is 11.3. The van der Waals surface area contributed by atoms with Gasteiger partial charge < -0.3 is 4.90 Å². The number of hydrogen-bond donors (Lipinski definition) is 0. The van der Waals surface area contributed by atoms with Crippen LogP contribution in [0.1, 0.15) is 18.4 Å². The molecule has 0 atom stereocenters. The number of halogens is 1. The van der Waals surface area contributed by atoms with E-state index in [1.54, 1.807) is 41.3 Å². The number of fused-ring (bicyclic) bond motifs is 1. The Balaban J connectivity index is 1.52. The van der Waals surface area contributed by atoms with Gasteiger partial charge in [0.05, 0.1) is 11.4 Å². The number of hydrogen-bond acceptors (Lipinski definition) is 3. The molecule has 5 nitrogen and oxygen atoms in total. The smallest absolute Gasteiger partial charge is 0.243 e. The molecule has 1 aliphatic carbocycles. The number of rotatable bonds is 7. The summed E-state index contributed by atoms with van der Waals surface area (Å²) in [6.07, 6.45) is 1.70. The van der Waals surface area contributed by atoms with E-state index in [1.165, 1.54) is 13.1 Å². The Kier molecular flexibility index (Phi) is 5.58. The molecule has 0 aliphatic heterocycles. The summed E-state index contributed by atoms with van der Waals surface area (Å²) in [4.78, 5) is 14.7. The Morgan fingerprint density at radius 2 is 1.67 bits per heavy atom. The highest BCUT2D eigenvalue weighted by Crippen LogP contribution is 2.29. The third kappa shape index (κ3) is 4.22. The van der Waals surface area contributed by atoms with Crippen LogP contribution in [0.25, 0.3) is 10.8 Å². The summed E-state index contributed by atoms with van der Waals surface area (Å²) in [5, 5.41) is 1.76. The molecule has 3 aromatic carbocycles. The van der Waals surface area contributed by atoms with Crippen LogP contribution in [0.15, 0.2) is 71.6 Å². The lowest BCUT2D eigenvalue weighted by Crippen LogP contribution is -2.42. The minimum atomic E-state index is -3.83. The summed E-state index contributed by atoms with van der Waals surface area (Å²) in [6.45, 7) is -0.153. The van der Waals surface area contributed by atoms with Crippen molar-refractivity contribution in [2.24, 2.45) is 0 Å². The average molecular weight is 427 g/mol. The second-order valence-corrected chi connectivity index (χ2v) is 9.66. The van der Waals surface area contributed by atoms with E-state index in [4.69, 9.17) is 0 Å². The van der Waals surface area contributed by atoms with E-state index < -0.39 is 10.0 Å². The predicted octanol–water partition coefficient (Wildman–Crippen LogP) is 3.79. The molecule has 0 spiro atoms. The summed E-state index contributed by atoms with van der Waals surface area (Å²) in [6, 6.07) is 18.8. The second-order valence-electron chi connectivity index (χ2n) is 7.61. The Bertz CT molecular complexity index is 1190.